The molecule has 1 aliphatic rings. The van der Waals surface area contributed by atoms with Gasteiger partial charge >= 0.3 is 0 Å². The van der Waals surface area contributed by atoms with Crippen molar-refractivity contribution in [3.63, 3.8) is 0 Å². The number of amides is 2. The average molecular weight is 458 g/mol. The summed E-state index contributed by atoms with van der Waals surface area (Å²) in [6.07, 6.45) is 2.29. The third-order valence-corrected chi connectivity index (χ3v) is 6.14. The number of methoxy groups -OCH3 is 1. The van der Waals surface area contributed by atoms with Crippen LogP contribution >= 0.6 is 11.6 Å². The molecule has 0 radical (unpaired) electrons. The third kappa shape index (κ3) is 6.02. The fourth-order valence-electron chi connectivity index (χ4n) is 4.10. The maximum atomic E-state index is 13.1. The van der Waals surface area contributed by atoms with Crippen molar-refractivity contribution in [3.05, 3.63) is 64.7 Å². The molecule has 0 aromatic heterocycles. The van der Waals surface area contributed by atoms with E-state index in [0.29, 0.717) is 17.1 Å². The Hall–Kier alpha value is -2.57. The summed E-state index contributed by atoms with van der Waals surface area (Å²) in [6.45, 7) is 6.26. The number of carbonyl (C=O) groups excluding carboxylic acids is 2. The first kappa shape index (κ1) is 24.1. The summed E-state index contributed by atoms with van der Waals surface area (Å²) >= 11 is 5.91. The van der Waals surface area contributed by atoms with Crippen LogP contribution in [0.1, 0.15) is 48.7 Å². The van der Waals surface area contributed by atoms with Crippen LogP contribution in [0.2, 0.25) is 5.02 Å². The van der Waals surface area contributed by atoms with E-state index in [4.69, 9.17) is 16.3 Å². The lowest BCUT2D eigenvalue weighted by molar-refractivity contribution is -0.124. The zero-order valence-corrected chi connectivity index (χ0v) is 19.7. The van der Waals surface area contributed by atoms with E-state index in [2.05, 4.69) is 21.6 Å². The van der Waals surface area contributed by atoms with Crippen LogP contribution in [0.25, 0.3) is 0 Å². The topological polar surface area (TPSA) is 70.7 Å². The van der Waals surface area contributed by atoms with Gasteiger partial charge in [0, 0.05) is 22.7 Å². The molecule has 32 heavy (non-hydrogen) atoms. The molecule has 0 spiro atoms. The summed E-state index contributed by atoms with van der Waals surface area (Å²) in [6, 6.07) is 13.9. The second kappa shape index (κ2) is 11.3. The molecule has 6 nitrogen and oxygen atoms in total. The molecule has 3 rings (SSSR count). The highest BCUT2D eigenvalue weighted by molar-refractivity contribution is 6.30. The summed E-state index contributed by atoms with van der Waals surface area (Å²) in [5.74, 6) is 0.260. The van der Waals surface area contributed by atoms with Crippen LogP contribution in [0.5, 0.6) is 5.75 Å². The van der Waals surface area contributed by atoms with Crippen LogP contribution in [0, 0.1) is 5.92 Å². The van der Waals surface area contributed by atoms with Crippen molar-refractivity contribution in [2.24, 2.45) is 5.92 Å². The van der Waals surface area contributed by atoms with Gasteiger partial charge in [-0.05, 0) is 62.2 Å². The van der Waals surface area contributed by atoms with Gasteiger partial charge in [0.05, 0.1) is 13.2 Å². The molecule has 7 heteroatoms. The average Bonchev–Trinajstić information content (AvgIpc) is 3.32. The predicted octanol–water partition coefficient (Wildman–Crippen LogP) is 4.06. The monoisotopic (exact) mass is 457 g/mol. The first-order chi connectivity index (χ1) is 15.4. The van der Waals surface area contributed by atoms with Gasteiger partial charge in [0.15, 0.2) is 0 Å². The van der Waals surface area contributed by atoms with Gasteiger partial charge in [0.25, 0.3) is 5.91 Å². The number of carbonyl (C=O) groups is 2. The summed E-state index contributed by atoms with van der Waals surface area (Å²) in [7, 11) is 1.67. The molecule has 2 N–H and O–H groups in total. The number of nitrogens with zero attached hydrogens (tertiary/aromatic N) is 1. The summed E-state index contributed by atoms with van der Waals surface area (Å²) in [4.78, 5) is 28.2. The minimum atomic E-state index is -0.643. The lowest BCUT2D eigenvalue weighted by Gasteiger charge is -2.30. The number of likely N-dealkylation sites (tertiary alicyclic amines) is 1. The van der Waals surface area contributed by atoms with Gasteiger partial charge in [-0.1, -0.05) is 43.6 Å². The first-order valence-electron chi connectivity index (χ1n) is 11.1. The van der Waals surface area contributed by atoms with Gasteiger partial charge in [-0.25, -0.2) is 0 Å². The van der Waals surface area contributed by atoms with E-state index in [0.717, 1.165) is 37.2 Å². The lowest BCUT2D eigenvalue weighted by atomic mass is 10.0. The molecule has 2 aromatic rings. The SMILES string of the molecule is COc1ccccc1C(CNC(=O)C(NC(=O)c1ccc(Cl)cc1)C(C)C)N1CCCC1. The van der Waals surface area contributed by atoms with E-state index in [1.807, 2.05) is 32.0 Å². The highest BCUT2D eigenvalue weighted by atomic mass is 35.5. The summed E-state index contributed by atoms with van der Waals surface area (Å²) in [5.41, 5.74) is 1.53. The zero-order valence-electron chi connectivity index (χ0n) is 18.9. The number of nitrogens with one attached hydrogen (secondary N) is 2. The molecule has 2 amide bonds. The third-order valence-electron chi connectivity index (χ3n) is 5.89. The van der Waals surface area contributed by atoms with Crippen molar-refractivity contribution in [2.75, 3.05) is 26.7 Å². The quantitative estimate of drug-likeness (QED) is 0.595. The van der Waals surface area contributed by atoms with Crippen LogP contribution < -0.4 is 15.4 Å². The maximum Gasteiger partial charge on any atom is 0.251 e. The highest BCUT2D eigenvalue weighted by Gasteiger charge is 2.29. The smallest absolute Gasteiger partial charge is 0.251 e. The molecule has 1 fully saturated rings. The molecule has 1 aliphatic heterocycles. The second-order valence-corrected chi connectivity index (χ2v) is 8.88. The molecule has 1 heterocycles. The van der Waals surface area contributed by atoms with Gasteiger partial charge < -0.3 is 15.4 Å². The van der Waals surface area contributed by atoms with Gasteiger partial charge in [0.1, 0.15) is 11.8 Å². The van der Waals surface area contributed by atoms with E-state index in [1.54, 1.807) is 31.4 Å². The van der Waals surface area contributed by atoms with Crippen molar-refractivity contribution in [3.8, 4) is 5.75 Å². The Morgan fingerprint density at radius 2 is 1.72 bits per heavy atom. The second-order valence-electron chi connectivity index (χ2n) is 8.45. The van der Waals surface area contributed by atoms with Crippen molar-refractivity contribution in [1.29, 1.82) is 0 Å². The van der Waals surface area contributed by atoms with Gasteiger partial charge in [-0.15, -0.1) is 0 Å². The largest absolute Gasteiger partial charge is 0.496 e. The Balaban J connectivity index is 1.71. The molecule has 0 aliphatic carbocycles. The number of ether oxygens (including phenoxy) is 1. The number of hydrogen-bond acceptors (Lipinski definition) is 4. The Labute approximate surface area is 195 Å². The Bertz CT molecular complexity index is 911. The molecule has 2 unspecified atom stereocenters. The van der Waals surface area contributed by atoms with Crippen molar-refractivity contribution < 1.29 is 14.3 Å². The number of benzene rings is 2. The van der Waals surface area contributed by atoms with Crippen LogP contribution in [-0.2, 0) is 4.79 Å². The van der Waals surface area contributed by atoms with Crippen molar-refractivity contribution in [2.45, 2.75) is 38.8 Å². The molecular formula is C25H32ClN3O3. The van der Waals surface area contributed by atoms with Crippen LogP contribution in [0.15, 0.2) is 48.5 Å². The van der Waals surface area contributed by atoms with Gasteiger partial charge in [-0.3, -0.25) is 14.5 Å². The van der Waals surface area contributed by atoms with E-state index >= 15 is 0 Å². The molecular weight excluding hydrogens is 426 g/mol. The summed E-state index contributed by atoms with van der Waals surface area (Å²) < 4.78 is 5.58. The fourth-order valence-corrected chi connectivity index (χ4v) is 4.22. The predicted molar refractivity (Wildman–Crippen MR) is 127 cm³/mol. The minimum Gasteiger partial charge on any atom is -0.496 e. The Morgan fingerprint density at radius 1 is 1.06 bits per heavy atom. The van der Waals surface area contributed by atoms with Crippen LogP contribution in [-0.4, -0.2) is 49.5 Å². The molecule has 0 saturated carbocycles. The fraction of sp³-hybridized carbons (Fsp3) is 0.440. The van der Waals surface area contributed by atoms with Gasteiger partial charge in [0.2, 0.25) is 5.91 Å². The molecule has 0 bridgehead atoms. The molecule has 1 saturated heterocycles. The van der Waals surface area contributed by atoms with Gasteiger partial charge in [-0.2, -0.15) is 0 Å². The van der Waals surface area contributed by atoms with Crippen molar-refractivity contribution in [1.82, 2.24) is 15.5 Å². The first-order valence-corrected chi connectivity index (χ1v) is 11.5. The van der Waals surface area contributed by atoms with E-state index in [-0.39, 0.29) is 23.8 Å². The summed E-state index contributed by atoms with van der Waals surface area (Å²) in [5, 5.41) is 6.52. The Morgan fingerprint density at radius 3 is 2.34 bits per heavy atom. The minimum absolute atomic E-state index is 0.0115. The number of halogens is 1. The van der Waals surface area contributed by atoms with Crippen LogP contribution in [0.4, 0.5) is 0 Å². The van der Waals surface area contributed by atoms with E-state index in [1.165, 1.54) is 0 Å². The molecule has 2 atom stereocenters. The van der Waals surface area contributed by atoms with Crippen LogP contribution in [0.3, 0.4) is 0 Å². The van der Waals surface area contributed by atoms with Crippen molar-refractivity contribution >= 4 is 23.4 Å². The number of hydrogen-bond donors (Lipinski definition) is 2. The number of rotatable bonds is 9. The van der Waals surface area contributed by atoms with E-state index in [9.17, 15) is 9.59 Å². The Kier molecular flexibility index (Phi) is 8.53. The molecule has 2 aromatic carbocycles. The zero-order chi connectivity index (χ0) is 23.1. The lowest BCUT2D eigenvalue weighted by Crippen LogP contribution is -2.51. The standard InChI is InChI=1S/C25H32ClN3O3/c1-17(2)23(28-24(30)18-10-12-19(26)13-11-18)25(31)27-16-21(29-14-6-7-15-29)20-8-4-5-9-22(20)32-3/h4-5,8-13,17,21,23H,6-7,14-16H2,1-3H3,(H,27,31)(H,28,30). The molecule has 172 valence electrons. The highest BCUT2D eigenvalue weighted by Crippen LogP contribution is 2.31. The number of para-hydroxylation sites is 1. The normalized spacial score (nSPS) is 15.9. The van der Waals surface area contributed by atoms with E-state index < -0.39 is 6.04 Å². The maximum absolute atomic E-state index is 13.1.